The summed E-state index contributed by atoms with van der Waals surface area (Å²) in [5.74, 6) is 0. The van der Waals surface area contributed by atoms with Gasteiger partial charge in [0.2, 0.25) is 0 Å². The Labute approximate surface area is 292 Å². The SMILES string of the molecule is C(/Cc1ccccc1)=C(\c1ccccc1)c1ccc(-n2c3ccc4ccccc4c3c3c4ccccc4ccc32)c2ccccc12.C=NCN. The monoisotopic (exact) mass is 643 g/mol. The van der Waals surface area contributed by atoms with E-state index in [-0.39, 0.29) is 0 Å². The molecule has 0 saturated heterocycles. The van der Waals surface area contributed by atoms with E-state index < -0.39 is 0 Å². The fourth-order valence-electron chi connectivity index (χ4n) is 7.36. The molecule has 0 fully saturated rings. The smallest absolute Gasteiger partial charge is 0.0852 e. The molecule has 3 nitrogen and oxygen atoms in total. The van der Waals surface area contributed by atoms with Crippen molar-refractivity contribution in [3.05, 3.63) is 193 Å². The van der Waals surface area contributed by atoms with E-state index in [9.17, 15) is 0 Å². The predicted molar refractivity (Wildman–Crippen MR) is 216 cm³/mol. The molecule has 240 valence electrons. The fraction of sp³-hybridized carbons (Fsp3) is 0.0426. The van der Waals surface area contributed by atoms with E-state index in [4.69, 9.17) is 5.73 Å². The fourth-order valence-corrected chi connectivity index (χ4v) is 7.36. The number of benzene rings is 8. The molecular weight excluding hydrogens is 607 g/mol. The molecule has 3 heteroatoms. The van der Waals surface area contributed by atoms with Crippen molar-refractivity contribution in [2.45, 2.75) is 6.42 Å². The zero-order chi connectivity index (χ0) is 33.9. The van der Waals surface area contributed by atoms with E-state index in [0.29, 0.717) is 6.67 Å². The molecule has 0 amide bonds. The number of rotatable bonds is 6. The Hall–Kier alpha value is -6.29. The summed E-state index contributed by atoms with van der Waals surface area (Å²) in [7, 11) is 0. The summed E-state index contributed by atoms with van der Waals surface area (Å²) in [5.41, 5.74) is 13.5. The van der Waals surface area contributed by atoms with E-state index in [1.807, 2.05) is 0 Å². The number of nitrogens with two attached hydrogens (primary N) is 1. The van der Waals surface area contributed by atoms with Crippen LogP contribution in [0.15, 0.2) is 181 Å². The molecule has 1 aromatic heterocycles. The minimum absolute atomic E-state index is 0.333. The maximum Gasteiger partial charge on any atom is 0.0852 e. The highest BCUT2D eigenvalue weighted by Gasteiger charge is 2.20. The molecule has 0 unspecified atom stereocenters. The molecule has 0 aliphatic carbocycles. The number of hydrogen-bond acceptors (Lipinski definition) is 2. The molecule has 0 atom stereocenters. The molecule has 2 N–H and O–H groups in total. The number of aromatic nitrogens is 1. The van der Waals surface area contributed by atoms with Crippen LogP contribution < -0.4 is 5.73 Å². The van der Waals surface area contributed by atoms with Gasteiger partial charge in [0.25, 0.3) is 0 Å². The van der Waals surface area contributed by atoms with E-state index >= 15 is 0 Å². The van der Waals surface area contributed by atoms with Gasteiger partial charge in [-0.15, -0.1) is 0 Å². The van der Waals surface area contributed by atoms with Crippen molar-refractivity contribution in [1.29, 1.82) is 0 Å². The van der Waals surface area contributed by atoms with Crippen LogP contribution in [0.5, 0.6) is 0 Å². The molecule has 50 heavy (non-hydrogen) atoms. The summed E-state index contributed by atoms with van der Waals surface area (Å²) in [6.45, 7) is 3.44. The number of fused-ring (bicyclic) bond motifs is 8. The third-order valence-electron chi connectivity index (χ3n) is 9.58. The van der Waals surface area contributed by atoms with Crippen molar-refractivity contribution < 1.29 is 0 Å². The van der Waals surface area contributed by atoms with Gasteiger partial charge < -0.3 is 10.3 Å². The van der Waals surface area contributed by atoms with Crippen LogP contribution in [0.2, 0.25) is 0 Å². The summed E-state index contributed by atoms with van der Waals surface area (Å²) in [6, 6.07) is 61.8. The van der Waals surface area contributed by atoms with Crippen molar-refractivity contribution in [1.82, 2.24) is 4.57 Å². The maximum atomic E-state index is 4.80. The lowest BCUT2D eigenvalue weighted by molar-refractivity contribution is 1.08. The molecule has 9 rings (SSSR count). The Morgan fingerprint density at radius 1 is 0.540 bits per heavy atom. The second-order valence-electron chi connectivity index (χ2n) is 12.5. The van der Waals surface area contributed by atoms with Crippen molar-refractivity contribution >= 4 is 66.4 Å². The lowest BCUT2D eigenvalue weighted by atomic mass is 9.91. The Balaban J connectivity index is 0.000000859. The Kier molecular flexibility index (Phi) is 8.48. The highest BCUT2D eigenvalue weighted by molar-refractivity contribution is 6.28. The number of aliphatic imine (C=N–C) groups is 1. The van der Waals surface area contributed by atoms with Crippen molar-refractivity contribution in [2.24, 2.45) is 10.7 Å². The third-order valence-corrected chi connectivity index (χ3v) is 9.58. The minimum atomic E-state index is 0.333. The first-order chi connectivity index (χ1) is 24.8. The second kappa shape index (κ2) is 13.7. The Morgan fingerprint density at radius 3 is 1.62 bits per heavy atom. The molecule has 0 bridgehead atoms. The van der Waals surface area contributed by atoms with Crippen LogP contribution in [0.3, 0.4) is 0 Å². The van der Waals surface area contributed by atoms with Gasteiger partial charge in [-0.25, -0.2) is 0 Å². The summed E-state index contributed by atoms with van der Waals surface area (Å²) < 4.78 is 2.49. The predicted octanol–water partition coefficient (Wildman–Crippen LogP) is 11.5. The molecule has 8 aromatic carbocycles. The lowest BCUT2D eigenvalue weighted by Crippen LogP contribution is -1.98. The molecule has 0 radical (unpaired) electrons. The third kappa shape index (κ3) is 5.54. The van der Waals surface area contributed by atoms with Gasteiger partial charge in [-0.1, -0.05) is 158 Å². The average Bonchev–Trinajstić information content (AvgIpc) is 3.54. The summed E-state index contributed by atoms with van der Waals surface area (Å²) >= 11 is 0. The van der Waals surface area contributed by atoms with Crippen LogP contribution in [0.25, 0.3) is 65.4 Å². The molecule has 1 heterocycles. The Morgan fingerprint density at radius 2 is 1.04 bits per heavy atom. The van der Waals surface area contributed by atoms with Crippen LogP contribution in [-0.2, 0) is 6.42 Å². The molecule has 0 saturated carbocycles. The highest BCUT2D eigenvalue weighted by atomic mass is 15.0. The first-order valence-corrected chi connectivity index (χ1v) is 17.0. The first-order valence-electron chi connectivity index (χ1n) is 17.0. The van der Waals surface area contributed by atoms with Crippen LogP contribution >= 0.6 is 0 Å². The summed E-state index contributed by atoms with van der Waals surface area (Å²) in [4.78, 5) is 3.26. The van der Waals surface area contributed by atoms with E-state index in [2.05, 4.69) is 192 Å². The van der Waals surface area contributed by atoms with Gasteiger partial charge in [-0.3, -0.25) is 4.99 Å². The average molecular weight is 644 g/mol. The molecule has 9 aromatic rings. The summed E-state index contributed by atoms with van der Waals surface area (Å²) in [5, 5.41) is 10.2. The van der Waals surface area contributed by atoms with Gasteiger partial charge in [0.1, 0.15) is 0 Å². The molecule has 0 aliphatic rings. The highest BCUT2D eigenvalue weighted by Crippen LogP contribution is 2.42. The summed E-state index contributed by atoms with van der Waals surface area (Å²) in [6.07, 6.45) is 3.26. The van der Waals surface area contributed by atoms with Gasteiger partial charge >= 0.3 is 0 Å². The van der Waals surface area contributed by atoms with E-state index in [1.165, 1.54) is 82.1 Å². The van der Waals surface area contributed by atoms with Crippen molar-refractivity contribution in [2.75, 3.05) is 6.67 Å². The zero-order valence-corrected chi connectivity index (χ0v) is 27.8. The van der Waals surface area contributed by atoms with E-state index in [0.717, 1.165) is 6.42 Å². The second-order valence-corrected chi connectivity index (χ2v) is 12.5. The number of allylic oxidation sites excluding steroid dienone is 1. The number of nitrogens with zero attached hydrogens (tertiary/aromatic N) is 2. The standard InChI is InChI=1S/C45H31N.C2H6N2/c1-3-13-31(14-4-1)23-26-35(32-15-5-2-6-16-32)39-27-30-41(40-22-12-11-21-38(39)40)46-42-28-24-33-17-7-9-19-36(33)44(42)45-37-20-10-8-18-34(37)25-29-43(45)46;1-4-2-3/h1-22,24-30H,23H2;1-3H2/b35-26-;. The number of hydrogen-bond donors (Lipinski definition) is 1. The van der Waals surface area contributed by atoms with Gasteiger partial charge in [-0.05, 0) is 80.5 Å². The van der Waals surface area contributed by atoms with Gasteiger partial charge in [0, 0.05) is 16.2 Å². The van der Waals surface area contributed by atoms with Gasteiger partial charge in [0.15, 0.2) is 0 Å². The van der Waals surface area contributed by atoms with Crippen LogP contribution in [0.4, 0.5) is 0 Å². The Bertz CT molecular complexity index is 2570. The lowest BCUT2D eigenvalue weighted by Gasteiger charge is -2.17. The van der Waals surface area contributed by atoms with Crippen molar-refractivity contribution in [3.8, 4) is 5.69 Å². The minimum Gasteiger partial charge on any atom is -0.312 e. The van der Waals surface area contributed by atoms with Gasteiger partial charge in [-0.2, -0.15) is 0 Å². The van der Waals surface area contributed by atoms with E-state index in [1.54, 1.807) is 0 Å². The van der Waals surface area contributed by atoms with Crippen LogP contribution in [0, 0.1) is 0 Å². The maximum absolute atomic E-state index is 4.80. The largest absolute Gasteiger partial charge is 0.312 e. The topological polar surface area (TPSA) is 43.3 Å². The molecule has 0 spiro atoms. The first kappa shape index (κ1) is 31.0. The molecular formula is C47H37N3. The van der Waals surface area contributed by atoms with Crippen LogP contribution in [-0.4, -0.2) is 18.0 Å². The zero-order valence-electron chi connectivity index (χ0n) is 27.8. The quantitative estimate of drug-likeness (QED) is 0.180. The normalized spacial score (nSPS) is 11.7. The van der Waals surface area contributed by atoms with Crippen molar-refractivity contribution in [3.63, 3.8) is 0 Å². The molecule has 0 aliphatic heterocycles. The van der Waals surface area contributed by atoms with Crippen LogP contribution in [0.1, 0.15) is 16.7 Å². The van der Waals surface area contributed by atoms with Gasteiger partial charge in [0.05, 0.1) is 23.4 Å².